The molecule has 1 saturated heterocycles. The van der Waals surface area contributed by atoms with Crippen LogP contribution in [0.1, 0.15) is 46.4 Å². The Morgan fingerprint density at radius 1 is 1.31 bits per heavy atom. The van der Waals surface area contributed by atoms with Crippen LogP contribution in [0, 0.1) is 12.7 Å². The van der Waals surface area contributed by atoms with E-state index in [9.17, 15) is 9.18 Å². The van der Waals surface area contributed by atoms with Crippen LogP contribution < -0.4 is 0 Å². The standard InChI is InChI=1S/C19H19FN4OS/c1-13-14(12-22-24(13)16-7-3-2-6-15(16)20)19(25)23-10-5-4-8-17(23)18-21-9-11-26-18/h2-3,6-7,9,11-12,17H,4-5,8,10H2,1H3. The van der Waals surface area contributed by atoms with E-state index in [1.165, 1.54) is 16.9 Å². The first-order valence-electron chi connectivity index (χ1n) is 8.66. The van der Waals surface area contributed by atoms with Crippen LogP contribution in [-0.4, -0.2) is 32.1 Å². The minimum atomic E-state index is -0.365. The fourth-order valence-corrected chi connectivity index (χ4v) is 4.26. The molecule has 134 valence electrons. The van der Waals surface area contributed by atoms with Crippen LogP contribution in [0.15, 0.2) is 42.0 Å². The van der Waals surface area contributed by atoms with Crippen LogP contribution in [0.4, 0.5) is 4.39 Å². The first kappa shape index (κ1) is 16.9. The van der Waals surface area contributed by atoms with Crippen molar-refractivity contribution in [3.8, 4) is 5.69 Å². The van der Waals surface area contributed by atoms with Crippen LogP contribution in [0.3, 0.4) is 0 Å². The summed E-state index contributed by atoms with van der Waals surface area (Å²) < 4.78 is 15.6. The van der Waals surface area contributed by atoms with E-state index in [0.29, 0.717) is 23.5 Å². The molecule has 3 heterocycles. The molecule has 26 heavy (non-hydrogen) atoms. The number of amides is 1. The normalized spacial score (nSPS) is 17.5. The van der Waals surface area contributed by atoms with Gasteiger partial charge in [0.15, 0.2) is 0 Å². The number of carbonyl (C=O) groups is 1. The van der Waals surface area contributed by atoms with E-state index in [2.05, 4.69) is 10.1 Å². The summed E-state index contributed by atoms with van der Waals surface area (Å²) in [6.45, 7) is 2.50. The summed E-state index contributed by atoms with van der Waals surface area (Å²) in [7, 11) is 0. The van der Waals surface area contributed by atoms with Gasteiger partial charge in [0.25, 0.3) is 5.91 Å². The number of thiazole rings is 1. The van der Waals surface area contributed by atoms with E-state index < -0.39 is 0 Å². The number of halogens is 1. The SMILES string of the molecule is Cc1c(C(=O)N2CCCCC2c2nccs2)cnn1-c1ccccc1F. The van der Waals surface area contributed by atoms with Gasteiger partial charge in [-0.2, -0.15) is 5.10 Å². The number of nitrogens with zero attached hydrogens (tertiary/aromatic N) is 4. The summed E-state index contributed by atoms with van der Waals surface area (Å²) in [5.74, 6) is -0.429. The fraction of sp³-hybridized carbons (Fsp3) is 0.316. The van der Waals surface area contributed by atoms with Crippen molar-refractivity contribution in [1.29, 1.82) is 0 Å². The van der Waals surface area contributed by atoms with Crippen LogP contribution >= 0.6 is 11.3 Å². The average molecular weight is 370 g/mol. The van der Waals surface area contributed by atoms with Gasteiger partial charge in [-0.3, -0.25) is 4.79 Å². The smallest absolute Gasteiger partial charge is 0.257 e. The van der Waals surface area contributed by atoms with E-state index >= 15 is 0 Å². The second-order valence-electron chi connectivity index (χ2n) is 6.39. The first-order valence-corrected chi connectivity index (χ1v) is 9.54. The van der Waals surface area contributed by atoms with E-state index in [1.54, 1.807) is 42.7 Å². The number of piperidine rings is 1. The van der Waals surface area contributed by atoms with Crippen molar-refractivity contribution in [2.45, 2.75) is 32.2 Å². The number of likely N-dealkylation sites (tertiary alicyclic amines) is 1. The molecule has 4 rings (SSSR count). The molecule has 0 saturated carbocycles. The minimum absolute atomic E-state index is 0.00691. The molecule has 0 N–H and O–H groups in total. The lowest BCUT2D eigenvalue weighted by molar-refractivity contribution is 0.0610. The minimum Gasteiger partial charge on any atom is -0.329 e. The number of carbonyl (C=O) groups excluding carboxylic acids is 1. The lowest BCUT2D eigenvalue weighted by atomic mass is 10.0. The maximum atomic E-state index is 14.1. The van der Waals surface area contributed by atoms with Crippen LogP contribution in [0.2, 0.25) is 0 Å². The molecule has 0 spiro atoms. The molecular weight excluding hydrogens is 351 g/mol. The maximum absolute atomic E-state index is 14.1. The lowest BCUT2D eigenvalue weighted by Crippen LogP contribution is -2.38. The molecule has 0 radical (unpaired) electrons. The second kappa shape index (κ2) is 6.99. The molecule has 1 unspecified atom stereocenters. The van der Waals surface area contributed by atoms with Crippen molar-refractivity contribution in [2.75, 3.05) is 6.54 Å². The van der Waals surface area contributed by atoms with Crippen molar-refractivity contribution < 1.29 is 9.18 Å². The van der Waals surface area contributed by atoms with Crippen molar-refractivity contribution in [3.63, 3.8) is 0 Å². The van der Waals surface area contributed by atoms with E-state index in [0.717, 1.165) is 24.3 Å². The third-order valence-corrected chi connectivity index (χ3v) is 5.70. The molecular formula is C19H19FN4OS. The Bertz CT molecular complexity index is 922. The molecule has 2 aromatic heterocycles. The lowest BCUT2D eigenvalue weighted by Gasteiger charge is -2.34. The topological polar surface area (TPSA) is 51.0 Å². The molecule has 1 fully saturated rings. The highest BCUT2D eigenvalue weighted by Crippen LogP contribution is 2.33. The zero-order valence-electron chi connectivity index (χ0n) is 14.4. The molecule has 1 atom stereocenters. The van der Waals surface area contributed by atoms with Crippen molar-refractivity contribution in [2.24, 2.45) is 0 Å². The summed E-state index contributed by atoms with van der Waals surface area (Å²) in [5.41, 5.74) is 1.50. The van der Waals surface area contributed by atoms with Gasteiger partial charge in [-0.15, -0.1) is 11.3 Å². The highest BCUT2D eigenvalue weighted by atomic mass is 32.1. The molecule has 1 aromatic carbocycles. The second-order valence-corrected chi connectivity index (χ2v) is 7.31. The zero-order chi connectivity index (χ0) is 18.1. The van der Waals surface area contributed by atoms with E-state index in [-0.39, 0.29) is 17.8 Å². The summed E-state index contributed by atoms with van der Waals surface area (Å²) in [6.07, 6.45) is 6.30. The predicted molar refractivity (Wildman–Crippen MR) is 98.0 cm³/mol. The molecule has 5 nitrogen and oxygen atoms in total. The molecule has 7 heteroatoms. The first-order chi connectivity index (χ1) is 12.7. The Morgan fingerprint density at radius 2 is 2.15 bits per heavy atom. The summed E-state index contributed by atoms with van der Waals surface area (Å²) in [5, 5.41) is 7.17. The Morgan fingerprint density at radius 3 is 2.92 bits per heavy atom. The Balaban J connectivity index is 1.67. The number of rotatable bonds is 3. The Labute approximate surface area is 155 Å². The van der Waals surface area contributed by atoms with Gasteiger partial charge in [0.05, 0.1) is 23.5 Å². The van der Waals surface area contributed by atoms with Crippen molar-refractivity contribution in [1.82, 2.24) is 19.7 Å². The number of hydrogen-bond acceptors (Lipinski definition) is 4. The zero-order valence-corrected chi connectivity index (χ0v) is 15.2. The van der Waals surface area contributed by atoms with Crippen LogP contribution in [0.25, 0.3) is 5.69 Å². The highest BCUT2D eigenvalue weighted by Gasteiger charge is 2.32. The maximum Gasteiger partial charge on any atom is 0.257 e. The van der Waals surface area contributed by atoms with E-state index in [4.69, 9.17) is 0 Å². The summed E-state index contributed by atoms with van der Waals surface area (Å²) >= 11 is 1.58. The highest BCUT2D eigenvalue weighted by molar-refractivity contribution is 7.09. The number of aromatic nitrogens is 3. The number of benzene rings is 1. The quantitative estimate of drug-likeness (QED) is 0.696. The van der Waals surface area contributed by atoms with Gasteiger partial charge >= 0.3 is 0 Å². The molecule has 3 aromatic rings. The van der Waals surface area contributed by atoms with Crippen molar-refractivity contribution in [3.05, 3.63) is 64.1 Å². The molecule has 1 amide bonds. The molecule has 1 aliphatic rings. The van der Waals surface area contributed by atoms with Gasteiger partial charge < -0.3 is 4.90 Å². The monoisotopic (exact) mass is 370 g/mol. The van der Waals surface area contributed by atoms with Gasteiger partial charge in [-0.25, -0.2) is 14.1 Å². The van der Waals surface area contributed by atoms with Crippen LogP contribution in [0.5, 0.6) is 0 Å². The number of para-hydroxylation sites is 1. The molecule has 1 aliphatic heterocycles. The third-order valence-electron chi connectivity index (χ3n) is 4.82. The van der Waals surface area contributed by atoms with Gasteiger partial charge in [0.1, 0.15) is 16.5 Å². The predicted octanol–water partition coefficient (Wildman–Crippen LogP) is 4.14. The molecule has 0 aliphatic carbocycles. The average Bonchev–Trinajstić information content (AvgIpc) is 3.32. The Kier molecular flexibility index (Phi) is 4.55. The summed E-state index contributed by atoms with van der Waals surface area (Å²) in [6, 6.07) is 6.44. The van der Waals surface area contributed by atoms with Gasteiger partial charge in [-0.1, -0.05) is 12.1 Å². The van der Waals surface area contributed by atoms with Crippen LogP contribution in [-0.2, 0) is 0 Å². The molecule has 0 bridgehead atoms. The van der Waals surface area contributed by atoms with Gasteiger partial charge in [-0.05, 0) is 38.3 Å². The Hall–Kier alpha value is -2.54. The number of hydrogen-bond donors (Lipinski definition) is 0. The van der Waals surface area contributed by atoms with E-state index in [1.807, 2.05) is 10.3 Å². The fourth-order valence-electron chi connectivity index (χ4n) is 3.47. The van der Waals surface area contributed by atoms with Crippen molar-refractivity contribution >= 4 is 17.2 Å². The largest absolute Gasteiger partial charge is 0.329 e. The van der Waals surface area contributed by atoms with Gasteiger partial charge in [0, 0.05) is 18.1 Å². The van der Waals surface area contributed by atoms with Gasteiger partial charge in [0.2, 0.25) is 0 Å². The summed E-state index contributed by atoms with van der Waals surface area (Å²) in [4.78, 5) is 19.5. The third kappa shape index (κ3) is 2.92.